The largest absolute Gasteiger partial charge is 0.408 e. The number of rotatable bonds is 5. The summed E-state index contributed by atoms with van der Waals surface area (Å²) in [5.74, 6) is 1.78. The van der Waals surface area contributed by atoms with E-state index in [0.29, 0.717) is 24.0 Å². The molecule has 19 heavy (non-hydrogen) atoms. The minimum Gasteiger partial charge on any atom is -0.338 e. The van der Waals surface area contributed by atoms with Gasteiger partial charge in [0.05, 0.1) is 4.58 Å². The molecule has 0 aromatic heterocycles. The Labute approximate surface area is 118 Å². The minimum atomic E-state index is -4.35. The predicted molar refractivity (Wildman–Crippen MR) is 72.4 cm³/mol. The van der Waals surface area contributed by atoms with Gasteiger partial charge in [0.25, 0.3) is 0 Å². The fourth-order valence-electron chi connectivity index (χ4n) is 1.97. The predicted octanol–water partition coefficient (Wildman–Crippen LogP) is 2.82. The van der Waals surface area contributed by atoms with Crippen LogP contribution in [0.25, 0.3) is 0 Å². The first-order valence-electron chi connectivity index (χ1n) is 6.31. The monoisotopic (exact) mass is 314 g/mol. The lowest BCUT2D eigenvalue weighted by molar-refractivity contribution is -0.157. The molecule has 0 aromatic carbocycles. The zero-order chi connectivity index (χ0) is 13.9. The highest BCUT2D eigenvalue weighted by atomic mass is 32.2. The van der Waals surface area contributed by atoms with Gasteiger partial charge in [-0.05, 0) is 25.2 Å². The van der Waals surface area contributed by atoms with Crippen LogP contribution in [0.1, 0.15) is 19.3 Å². The smallest absolute Gasteiger partial charge is 0.338 e. The molecule has 1 unspecified atom stereocenters. The first-order valence-corrected chi connectivity index (χ1v) is 8.41. The van der Waals surface area contributed by atoms with Gasteiger partial charge in [-0.3, -0.25) is 0 Å². The second-order valence-electron chi connectivity index (χ2n) is 4.72. The highest BCUT2D eigenvalue weighted by Crippen LogP contribution is 2.40. The Bertz CT molecular complexity index is 318. The van der Waals surface area contributed by atoms with Crippen molar-refractivity contribution in [1.82, 2.24) is 10.6 Å². The summed E-state index contributed by atoms with van der Waals surface area (Å²) in [5, 5.41) is 4.57. The van der Waals surface area contributed by atoms with Crippen molar-refractivity contribution in [3.63, 3.8) is 0 Å². The van der Waals surface area contributed by atoms with E-state index < -0.39 is 24.2 Å². The molecular weight excluding hydrogens is 297 g/mol. The Morgan fingerprint density at radius 2 is 1.89 bits per heavy atom. The van der Waals surface area contributed by atoms with Crippen LogP contribution >= 0.6 is 23.5 Å². The van der Waals surface area contributed by atoms with E-state index in [4.69, 9.17) is 0 Å². The van der Waals surface area contributed by atoms with E-state index >= 15 is 0 Å². The van der Waals surface area contributed by atoms with Gasteiger partial charge in [-0.25, -0.2) is 4.79 Å². The molecule has 3 nitrogen and oxygen atoms in total. The molecule has 2 aliphatic rings. The summed E-state index contributed by atoms with van der Waals surface area (Å²) in [5.41, 5.74) is 0. The summed E-state index contributed by atoms with van der Waals surface area (Å²) in [6, 6.07) is -2.40. The molecule has 0 bridgehead atoms. The van der Waals surface area contributed by atoms with Gasteiger partial charge >= 0.3 is 12.2 Å². The van der Waals surface area contributed by atoms with Crippen LogP contribution in [0.4, 0.5) is 18.0 Å². The summed E-state index contributed by atoms with van der Waals surface area (Å²) in [6.07, 6.45) is -2.47. The SMILES string of the molecule is O=C(NCCC1SCCS1)NC(C1CC1)C(F)(F)F. The molecule has 1 aliphatic carbocycles. The summed E-state index contributed by atoms with van der Waals surface area (Å²) >= 11 is 3.68. The number of carbonyl (C=O) groups excluding carboxylic acids is 1. The van der Waals surface area contributed by atoms with Crippen LogP contribution in [0, 0.1) is 5.92 Å². The molecule has 0 spiro atoms. The Kier molecular flexibility index (Phi) is 5.16. The van der Waals surface area contributed by atoms with E-state index in [1.54, 1.807) is 0 Å². The van der Waals surface area contributed by atoms with Crippen molar-refractivity contribution in [2.45, 2.75) is 36.1 Å². The normalized spacial score (nSPS) is 22.3. The molecule has 0 aromatic rings. The second kappa shape index (κ2) is 6.47. The zero-order valence-corrected chi connectivity index (χ0v) is 12.0. The number of thioether (sulfide) groups is 2. The summed E-state index contributed by atoms with van der Waals surface area (Å²) < 4.78 is 38.5. The lowest BCUT2D eigenvalue weighted by Gasteiger charge is -2.21. The van der Waals surface area contributed by atoms with Gasteiger partial charge in [0, 0.05) is 18.1 Å². The topological polar surface area (TPSA) is 41.1 Å². The number of carbonyl (C=O) groups is 1. The maximum Gasteiger partial charge on any atom is 0.408 e. The van der Waals surface area contributed by atoms with Gasteiger partial charge in [-0.1, -0.05) is 0 Å². The van der Waals surface area contributed by atoms with Crippen molar-refractivity contribution in [3.05, 3.63) is 0 Å². The summed E-state index contributed by atoms with van der Waals surface area (Å²) in [4.78, 5) is 11.5. The summed E-state index contributed by atoms with van der Waals surface area (Å²) in [7, 11) is 0. The molecule has 2 N–H and O–H groups in total. The number of nitrogens with one attached hydrogen (secondary N) is 2. The van der Waals surface area contributed by atoms with E-state index in [1.165, 1.54) is 0 Å². The van der Waals surface area contributed by atoms with Crippen LogP contribution in [0.15, 0.2) is 0 Å². The van der Waals surface area contributed by atoms with E-state index in [0.717, 1.165) is 17.9 Å². The van der Waals surface area contributed by atoms with Gasteiger partial charge in [0.15, 0.2) is 0 Å². The third kappa shape index (κ3) is 4.98. The second-order valence-corrected chi connectivity index (χ2v) is 7.64. The van der Waals surface area contributed by atoms with E-state index in [-0.39, 0.29) is 0 Å². The van der Waals surface area contributed by atoms with E-state index in [2.05, 4.69) is 10.6 Å². The van der Waals surface area contributed by atoms with Crippen LogP contribution in [0.2, 0.25) is 0 Å². The average molecular weight is 314 g/mol. The fraction of sp³-hybridized carbons (Fsp3) is 0.909. The highest BCUT2D eigenvalue weighted by Gasteiger charge is 2.49. The van der Waals surface area contributed by atoms with Gasteiger partial charge in [0.1, 0.15) is 6.04 Å². The molecule has 0 radical (unpaired) electrons. The first kappa shape index (κ1) is 15.2. The Morgan fingerprint density at radius 1 is 1.26 bits per heavy atom. The molecule has 2 amide bonds. The zero-order valence-electron chi connectivity index (χ0n) is 10.3. The number of alkyl halides is 3. The maximum atomic E-state index is 12.7. The number of amides is 2. The molecule has 1 atom stereocenters. The molecule has 2 rings (SSSR count). The molecule has 1 aliphatic heterocycles. The molecule has 1 saturated carbocycles. The minimum absolute atomic E-state index is 0.422. The molecule has 8 heteroatoms. The highest BCUT2D eigenvalue weighted by molar-refractivity contribution is 8.20. The number of halogens is 3. The van der Waals surface area contributed by atoms with Crippen molar-refractivity contribution in [3.8, 4) is 0 Å². The fourth-order valence-corrected chi connectivity index (χ4v) is 4.79. The lowest BCUT2D eigenvalue weighted by Crippen LogP contribution is -2.50. The van der Waals surface area contributed by atoms with Crippen molar-refractivity contribution in [2.24, 2.45) is 5.92 Å². The Hall–Kier alpha value is -0.240. The molecule has 1 heterocycles. The summed E-state index contributed by atoms with van der Waals surface area (Å²) in [6.45, 7) is 0.422. The van der Waals surface area contributed by atoms with Crippen LogP contribution in [-0.4, -0.2) is 40.9 Å². The van der Waals surface area contributed by atoms with Crippen molar-refractivity contribution >= 4 is 29.6 Å². The number of hydrogen-bond acceptors (Lipinski definition) is 3. The van der Waals surface area contributed by atoms with Gasteiger partial charge < -0.3 is 10.6 Å². The van der Waals surface area contributed by atoms with Crippen LogP contribution < -0.4 is 10.6 Å². The van der Waals surface area contributed by atoms with Crippen molar-refractivity contribution in [1.29, 1.82) is 0 Å². The lowest BCUT2D eigenvalue weighted by atomic mass is 10.2. The third-order valence-corrected chi connectivity index (χ3v) is 6.26. The standard InChI is InChI=1S/C11H17F3N2OS2/c12-11(13,14)9(7-1-2-7)16-10(17)15-4-3-8-18-5-6-19-8/h7-9H,1-6H2,(H2,15,16,17). The van der Waals surface area contributed by atoms with Gasteiger partial charge in [-0.2, -0.15) is 13.2 Å². The van der Waals surface area contributed by atoms with Crippen molar-refractivity contribution < 1.29 is 18.0 Å². The van der Waals surface area contributed by atoms with Crippen LogP contribution in [0.5, 0.6) is 0 Å². The van der Waals surface area contributed by atoms with Crippen LogP contribution in [0.3, 0.4) is 0 Å². The maximum absolute atomic E-state index is 12.7. The Balaban J connectivity index is 1.67. The van der Waals surface area contributed by atoms with Gasteiger partial charge in [0.2, 0.25) is 0 Å². The Morgan fingerprint density at radius 3 is 2.42 bits per heavy atom. The van der Waals surface area contributed by atoms with E-state index in [1.807, 2.05) is 23.5 Å². The van der Waals surface area contributed by atoms with Crippen molar-refractivity contribution in [2.75, 3.05) is 18.1 Å². The number of hydrogen-bond donors (Lipinski definition) is 2. The van der Waals surface area contributed by atoms with Gasteiger partial charge in [-0.15, -0.1) is 23.5 Å². The number of urea groups is 1. The quantitative estimate of drug-likeness (QED) is 0.820. The average Bonchev–Trinajstić information content (AvgIpc) is 3.02. The van der Waals surface area contributed by atoms with Crippen LogP contribution in [-0.2, 0) is 0 Å². The molecular formula is C11H17F3N2OS2. The third-order valence-electron chi connectivity index (χ3n) is 3.09. The molecule has 2 fully saturated rings. The molecule has 1 saturated heterocycles. The first-order chi connectivity index (χ1) is 8.97. The molecule has 110 valence electrons. The van der Waals surface area contributed by atoms with E-state index in [9.17, 15) is 18.0 Å².